The van der Waals surface area contributed by atoms with Gasteiger partial charge < -0.3 is 10.0 Å². The number of amides is 1. The molecule has 180 valence electrons. The minimum absolute atomic E-state index is 0.0746. The van der Waals surface area contributed by atoms with Crippen LogP contribution >= 0.6 is 0 Å². The highest BCUT2D eigenvalue weighted by Crippen LogP contribution is 2.20. The minimum atomic E-state index is -1.05. The Morgan fingerprint density at radius 1 is 1.00 bits per heavy atom. The summed E-state index contributed by atoms with van der Waals surface area (Å²) in [6, 6.07) is 12.6. The molecule has 34 heavy (non-hydrogen) atoms. The molecule has 1 aromatic heterocycles. The zero-order valence-electron chi connectivity index (χ0n) is 19.2. The van der Waals surface area contributed by atoms with Gasteiger partial charge in [-0.3, -0.25) is 9.69 Å². The van der Waals surface area contributed by atoms with Crippen LogP contribution in [0.2, 0.25) is 0 Å². The van der Waals surface area contributed by atoms with E-state index in [2.05, 4.69) is 23.8 Å². The van der Waals surface area contributed by atoms with Crippen molar-refractivity contribution < 1.29 is 18.7 Å². The van der Waals surface area contributed by atoms with Crippen LogP contribution in [0.4, 0.5) is 19.3 Å². The number of nitrogens with zero attached hydrogens (tertiary/aromatic N) is 4. The number of rotatable bonds is 10. The van der Waals surface area contributed by atoms with Gasteiger partial charge in [-0.25, -0.2) is 18.3 Å². The van der Waals surface area contributed by atoms with Gasteiger partial charge in [0.15, 0.2) is 0 Å². The van der Waals surface area contributed by atoms with E-state index in [9.17, 15) is 23.5 Å². The Hall–Kier alpha value is -3.59. The average molecular weight is 471 g/mol. The van der Waals surface area contributed by atoms with Crippen molar-refractivity contribution in [1.82, 2.24) is 14.7 Å². The molecule has 7 nitrogen and oxygen atoms in total. The Morgan fingerprint density at radius 3 is 2.35 bits per heavy atom. The second-order valence-electron chi connectivity index (χ2n) is 7.86. The van der Waals surface area contributed by atoms with E-state index in [1.807, 2.05) is 0 Å². The first-order valence-corrected chi connectivity index (χ1v) is 11.2. The quantitative estimate of drug-likeness (QED) is 0.474. The second-order valence-corrected chi connectivity index (χ2v) is 7.86. The first-order chi connectivity index (χ1) is 16.3. The molecular weight excluding hydrogens is 442 g/mol. The van der Waals surface area contributed by atoms with Gasteiger partial charge in [0.1, 0.15) is 11.6 Å². The molecule has 0 bridgehead atoms. The van der Waals surface area contributed by atoms with Crippen LogP contribution < -0.4 is 10.5 Å². The Kier molecular flexibility index (Phi) is 8.48. The van der Waals surface area contributed by atoms with Crippen LogP contribution in [0.5, 0.6) is 0 Å². The molecule has 0 atom stereocenters. The van der Waals surface area contributed by atoms with Gasteiger partial charge in [-0.15, -0.1) is 0 Å². The molecule has 0 saturated carbocycles. The standard InChI is InChI=1S/C25H28F2N4O3/c1-3-29(4-2)11-6-12-30(25(33)34)22-8-5-7-18(13-22)17-31-24(32)10-9-23(28-31)19-14-20(26)16-21(27)15-19/h5,7-10,13-16H,3-4,6,11-12,17H2,1-2H3,(H,33,34). The molecule has 0 radical (unpaired) electrons. The van der Waals surface area contributed by atoms with Crippen LogP contribution in [0.15, 0.2) is 59.4 Å². The number of halogens is 2. The summed E-state index contributed by atoms with van der Waals surface area (Å²) < 4.78 is 28.4. The van der Waals surface area contributed by atoms with Crippen molar-refractivity contribution in [3.05, 3.63) is 82.1 Å². The number of benzene rings is 2. The van der Waals surface area contributed by atoms with Gasteiger partial charge in [0.25, 0.3) is 5.56 Å². The normalized spacial score (nSPS) is 11.1. The fourth-order valence-corrected chi connectivity index (χ4v) is 3.74. The molecular formula is C25H28F2N4O3. The van der Waals surface area contributed by atoms with Crippen molar-refractivity contribution in [2.75, 3.05) is 31.1 Å². The molecule has 1 heterocycles. The number of hydrogen-bond acceptors (Lipinski definition) is 4. The molecule has 1 amide bonds. The van der Waals surface area contributed by atoms with Crippen LogP contribution in [0.3, 0.4) is 0 Å². The van der Waals surface area contributed by atoms with Gasteiger partial charge in [0.05, 0.1) is 12.2 Å². The lowest BCUT2D eigenvalue weighted by Crippen LogP contribution is -2.33. The maximum absolute atomic E-state index is 13.6. The van der Waals surface area contributed by atoms with Crippen molar-refractivity contribution in [1.29, 1.82) is 0 Å². The fourth-order valence-electron chi connectivity index (χ4n) is 3.74. The van der Waals surface area contributed by atoms with E-state index in [4.69, 9.17) is 0 Å². The van der Waals surface area contributed by atoms with Crippen molar-refractivity contribution in [3.8, 4) is 11.3 Å². The van der Waals surface area contributed by atoms with Crippen LogP contribution in [-0.4, -0.2) is 52.1 Å². The van der Waals surface area contributed by atoms with E-state index in [0.717, 1.165) is 37.8 Å². The van der Waals surface area contributed by atoms with E-state index in [-0.39, 0.29) is 23.4 Å². The maximum Gasteiger partial charge on any atom is 0.411 e. The lowest BCUT2D eigenvalue weighted by Gasteiger charge is -2.23. The summed E-state index contributed by atoms with van der Waals surface area (Å²) >= 11 is 0. The van der Waals surface area contributed by atoms with Gasteiger partial charge >= 0.3 is 6.09 Å². The Morgan fingerprint density at radius 2 is 1.71 bits per heavy atom. The van der Waals surface area contributed by atoms with Gasteiger partial charge in [-0.1, -0.05) is 26.0 Å². The smallest absolute Gasteiger partial charge is 0.411 e. The predicted octanol–water partition coefficient (Wildman–Crippen LogP) is 4.45. The second kappa shape index (κ2) is 11.5. The van der Waals surface area contributed by atoms with Gasteiger partial charge in [-0.2, -0.15) is 5.10 Å². The van der Waals surface area contributed by atoms with Gasteiger partial charge in [0, 0.05) is 29.9 Å². The third-order valence-electron chi connectivity index (χ3n) is 5.56. The molecule has 3 rings (SSSR count). The summed E-state index contributed by atoms with van der Waals surface area (Å²) in [6.45, 7) is 7.15. The van der Waals surface area contributed by atoms with E-state index in [1.54, 1.807) is 24.3 Å². The zero-order valence-corrected chi connectivity index (χ0v) is 19.2. The Labute approximate surface area is 196 Å². The number of anilines is 1. The van der Waals surface area contributed by atoms with Crippen LogP contribution in [0, 0.1) is 11.6 Å². The Balaban J connectivity index is 1.81. The highest BCUT2D eigenvalue weighted by Gasteiger charge is 2.15. The fraction of sp³-hybridized carbons (Fsp3) is 0.320. The van der Waals surface area contributed by atoms with E-state index in [0.29, 0.717) is 24.2 Å². The summed E-state index contributed by atoms with van der Waals surface area (Å²) in [5.74, 6) is -1.48. The topological polar surface area (TPSA) is 78.7 Å². The lowest BCUT2D eigenvalue weighted by atomic mass is 10.1. The van der Waals surface area contributed by atoms with Gasteiger partial charge in [-0.05, 0) is 62.0 Å². The largest absolute Gasteiger partial charge is 0.465 e. The van der Waals surface area contributed by atoms with Crippen LogP contribution in [0.25, 0.3) is 11.3 Å². The molecule has 0 aliphatic heterocycles. The summed E-state index contributed by atoms with van der Waals surface area (Å²) in [6.07, 6.45) is -0.368. The molecule has 0 unspecified atom stereocenters. The first-order valence-electron chi connectivity index (χ1n) is 11.2. The van der Waals surface area contributed by atoms with Gasteiger partial charge in [0.2, 0.25) is 0 Å². The molecule has 2 aromatic carbocycles. The summed E-state index contributed by atoms with van der Waals surface area (Å²) in [4.78, 5) is 27.8. The molecule has 1 N–H and O–H groups in total. The molecule has 0 aliphatic carbocycles. The third-order valence-corrected chi connectivity index (χ3v) is 5.56. The molecule has 0 saturated heterocycles. The van der Waals surface area contributed by atoms with Crippen molar-refractivity contribution in [2.24, 2.45) is 0 Å². The Bertz CT molecular complexity index is 1170. The molecule has 3 aromatic rings. The molecule has 0 spiro atoms. The summed E-state index contributed by atoms with van der Waals surface area (Å²) in [7, 11) is 0. The SMILES string of the molecule is CCN(CC)CCCN(C(=O)O)c1cccc(Cn2nc(-c3cc(F)cc(F)c3)ccc2=O)c1. The highest BCUT2D eigenvalue weighted by molar-refractivity contribution is 5.86. The number of carbonyl (C=O) groups is 1. The predicted molar refractivity (Wildman–Crippen MR) is 127 cm³/mol. The lowest BCUT2D eigenvalue weighted by molar-refractivity contribution is 0.201. The molecule has 9 heteroatoms. The van der Waals surface area contributed by atoms with E-state index >= 15 is 0 Å². The van der Waals surface area contributed by atoms with E-state index < -0.39 is 17.7 Å². The third kappa shape index (κ3) is 6.48. The summed E-state index contributed by atoms with van der Waals surface area (Å²) in [5, 5.41) is 14.0. The number of carboxylic acid groups (broad SMARTS) is 1. The average Bonchev–Trinajstić information content (AvgIpc) is 2.80. The highest BCUT2D eigenvalue weighted by atomic mass is 19.1. The zero-order chi connectivity index (χ0) is 24.7. The first kappa shape index (κ1) is 25.0. The van der Waals surface area contributed by atoms with Crippen LogP contribution in [-0.2, 0) is 6.54 Å². The van der Waals surface area contributed by atoms with Crippen molar-refractivity contribution in [2.45, 2.75) is 26.8 Å². The maximum atomic E-state index is 13.6. The van der Waals surface area contributed by atoms with Crippen LogP contribution in [0.1, 0.15) is 25.8 Å². The number of aromatic nitrogens is 2. The summed E-state index contributed by atoms with van der Waals surface area (Å²) in [5.41, 5.74) is 1.24. The van der Waals surface area contributed by atoms with Crippen molar-refractivity contribution in [3.63, 3.8) is 0 Å². The minimum Gasteiger partial charge on any atom is -0.465 e. The monoisotopic (exact) mass is 470 g/mol. The number of hydrogen-bond donors (Lipinski definition) is 1. The van der Waals surface area contributed by atoms with Crippen molar-refractivity contribution >= 4 is 11.8 Å². The molecule has 0 fully saturated rings. The van der Waals surface area contributed by atoms with E-state index in [1.165, 1.54) is 21.7 Å². The molecule has 0 aliphatic rings.